The number of hydrogen-bond donors (Lipinski definition) is 2. The van der Waals surface area contributed by atoms with Crippen molar-refractivity contribution in [3.05, 3.63) is 29.3 Å². The molecule has 1 aromatic rings. The molecule has 1 aromatic carbocycles. The molecule has 0 saturated heterocycles. The number of phenolic OH excluding ortho intramolecular Hbond substituents is 1. The first-order chi connectivity index (χ1) is 10.0. The second-order valence-electron chi connectivity index (χ2n) is 7.96. The van der Waals surface area contributed by atoms with Crippen molar-refractivity contribution in [3.63, 3.8) is 0 Å². The largest absolute Gasteiger partial charge is 0.508 e. The average Bonchev–Trinajstić information content (AvgIpc) is 2.76. The lowest BCUT2D eigenvalue weighted by atomic mass is 9.54. The molecule has 3 aliphatic carbocycles. The molecule has 2 nitrogen and oxygen atoms in total. The second kappa shape index (κ2) is 4.49. The number of aromatic hydroxyl groups is 1. The summed E-state index contributed by atoms with van der Waals surface area (Å²) in [7, 11) is 0. The van der Waals surface area contributed by atoms with Crippen molar-refractivity contribution < 1.29 is 10.2 Å². The maximum atomic E-state index is 10.4. The second-order valence-corrected chi connectivity index (χ2v) is 7.96. The summed E-state index contributed by atoms with van der Waals surface area (Å²) in [6, 6.07) is 5.99. The van der Waals surface area contributed by atoms with Crippen molar-refractivity contribution in [1.82, 2.24) is 0 Å². The van der Waals surface area contributed by atoms with Gasteiger partial charge in [0, 0.05) is 0 Å². The molecule has 114 valence electrons. The Morgan fingerprint density at radius 3 is 2.76 bits per heavy atom. The monoisotopic (exact) mass is 286 g/mol. The Morgan fingerprint density at radius 1 is 1.14 bits per heavy atom. The first-order valence-electron chi connectivity index (χ1n) is 8.51. The van der Waals surface area contributed by atoms with E-state index in [2.05, 4.69) is 19.9 Å². The van der Waals surface area contributed by atoms with E-state index in [1.54, 1.807) is 0 Å². The van der Waals surface area contributed by atoms with Crippen LogP contribution in [0.15, 0.2) is 18.2 Å². The van der Waals surface area contributed by atoms with Gasteiger partial charge in [0.1, 0.15) is 5.75 Å². The number of rotatable bonds is 0. The molecule has 6 atom stereocenters. The van der Waals surface area contributed by atoms with Crippen LogP contribution >= 0.6 is 0 Å². The minimum absolute atomic E-state index is 0.0972. The number of fused-ring (bicyclic) bond motifs is 5. The summed E-state index contributed by atoms with van der Waals surface area (Å²) in [5, 5.41) is 20.2. The van der Waals surface area contributed by atoms with E-state index in [0.717, 1.165) is 12.8 Å². The fourth-order valence-electron chi connectivity index (χ4n) is 5.84. The highest BCUT2D eigenvalue weighted by Gasteiger charge is 2.54. The molecule has 5 unspecified atom stereocenters. The van der Waals surface area contributed by atoms with Crippen LogP contribution in [0, 0.1) is 17.3 Å². The maximum Gasteiger partial charge on any atom is 0.115 e. The van der Waals surface area contributed by atoms with Crippen LogP contribution in [0.5, 0.6) is 5.75 Å². The van der Waals surface area contributed by atoms with Gasteiger partial charge < -0.3 is 10.2 Å². The van der Waals surface area contributed by atoms with Gasteiger partial charge in [0.05, 0.1) is 6.10 Å². The summed E-state index contributed by atoms with van der Waals surface area (Å²) in [6.45, 7) is 4.62. The Labute approximate surface area is 127 Å². The highest BCUT2D eigenvalue weighted by atomic mass is 16.3. The molecule has 2 heteroatoms. The minimum Gasteiger partial charge on any atom is -0.508 e. The van der Waals surface area contributed by atoms with Crippen molar-refractivity contribution in [2.24, 2.45) is 17.3 Å². The lowest BCUT2D eigenvalue weighted by Gasteiger charge is -2.51. The topological polar surface area (TPSA) is 40.5 Å². The Hall–Kier alpha value is -1.02. The highest BCUT2D eigenvalue weighted by Crippen LogP contribution is 2.62. The molecule has 0 spiro atoms. The van der Waals surface area contributed by atoms with Crippen LogP contribution in [0.2, 0.25) is 0 Å². The Balaban J connectivity index is 1.75. The van der Waals surface area contributed by atoms with Crippen molar-refractivity contribution in [2.45, 2.75) is 63.9 Å². The van der Waals surface area contributed by atoms with Gasteiger partial charge in [0.25, 0.3) is 0 Å². The zero-order valence-electron chi connectivity index (χ0n) is 13.0. The van der Waals surface area contributed by atoms with E-state index in [1.807, 2.05) is 12.1 Å². The van der Waals surface area contributed by atoms with Gasteiger partial charge in [-0.25, -0.2) is 0 Å². The molecule has 0 radical (unpaired) electrons. The molecule has 4 rings (SSSR count). The first-order valence-corrected chi connectivity index (χ1v) is 8.51. The molecule has 2 saturated carbocycles. The van der Waals surface area contributed by atoms with E-state index in [9.17, 15) is 10.2 Å². The van der Waals surface area contributed by atoms with E-state index in [1.165, 1.54) is 30.4 Å². The summed E-state index contributed by atoms with van der Waals surface area (Å²) in [5.74, 6) is 2.95. The summed E-state index contributed by atoms with van der Waals surface area (Å²) < 4.78 is 0. The summed E-state index contributed by atoms with van der Waals surface area (Å²) >= 11 is 0. The minimum atomic E-state index is -0.0972. The third kappa shape index (κ3) is 1.81. The van der Waals surface area contributed by atoms with Gasteiger partial charge in [-0.05, 0) is 84.5 Å². The Morgan fingerprint density at radius 2 is 1.95 bits per heavy atom. The molecule has 0 amide bonds. The van der Waals surface area contributed by atoms with Crippen LogP contribution in [-0.4, -0.2) is 16.3 Å². The van der Waals surface area contributed by atoms with Crippen molar-refractivity contribution in [3.8, 4) is 5.75 Å². The molecule has 0 aliphatic heterocycles. The number of hydrogen-bond acceptors (Lipinski definition) is 2. The van der Waals surface area contributed by atoms with Crippen LogP contribution in [0.4, 0.5) is 0 Å². The van der Waals surface area contributed by atoms with Gasteiger partial charge in [0.15, 0.2) is 0 Å². The number of aliphatic hydroxyl groups is 1. The maximum absolute atomic E-state index is 10.4. The molecule has 0 aromatic heterocycles. The van der Waals surface area contributed by atoms with E-state index in [-0.39, 0.29) is 11.5 Å². The van der Waals surface area contributed by atoms with Crippen molar-refractivity contribution in [1.29, 1.82) is 0 Å². The predicted molar refractivity (Wildman–Crippen MR) is 83.4 cm³/mol. The van der Waals surface area contributed by atoms with Crippen LogP contribution in [0.3, 0.4) is 0 Å². The summed E-state index contributed by atoms with van der Waals surface area (Å²) in [5.41, 5.74) is 2.98. The fourth-order valence-corrected chi connectivity index (χ4v) is 5.84. The van der Waals surface area contributed by atoms with Crippen molar-refractivity contribution >= 4 is 0 Å². The van der Waals surface area contributed by atoms with Gasteiger partial charge >= 0.3 is 0 Å². The van der Waals surface area contributed by atoms with Gasteiger partial charge in [-0.2, -0.15) is 0 Å². The lowest BCUT2D eigenvalue weighted by Crippen LogP contribution is -2.44. The van der Waals surface area contributed by atoms with E-state index >= 15 is 0 Å². The molecule has 21 heavy (non-hydrogen) atoms. The van der Waals surface area contributed by atoms with Gasteiger partial charge in [0.2, 0.25) is 0 Å². The molecule has 2 fully saturated rings. The van der Waals surface area contributed by atoms with Crippen molar-refractivity contribution in [2.75, 3.05) is 0 Å². The number of benzene rings is 1. The third-order valence-corrected chi connectivity index (χ3v) is 7.01. The van der Waals surface area contributed by atoms with Gasteiger partial charge in [-0.1, -0.05) is 19.9 Å². The molecule has 0 bridgehead atoms. The standard InChI is InChI=1S/C19H26O2/c1-11-9-16-14(13-4-3-12(20)10-15(11)13)7-8-19(2)17(16)5-6-18(19)21/h3-4,10-11,14,16-18,20-21H,5-9H2,1-2H3/t11?,14-,16?,17?,18?,19?/m1/s1. The van der Waals surface area contributed by atoms with E-state index < -0.39 is 0 Å². The normalized spacial score (nSPS) is 44.8. The zero-order valence-corrected chi connectivity index (χ0v) is 13.0. The van der Waals surface area contributed by atoms with Crippen LogP contribution in [-0.2, 0) is 0 Å². The molecule has 3 aliphatic rings. The van der Waals surface area contributed by atoms with Crippen LogP contribution < -0.4 is 0 Å². The van der Waals surface area contributed by atoms with E-state index in [0.29, 0.717) is 29.4 Å². The quantitative estimate of drug-likeness (QED) is 0.751. The Kier molecular flexibility index (Phi) is 2.91. The van der Waals surface area contributed by atoms with Crippen LogP contribution in [0.25, 0.3) is 0 Å². The molecular formula is C19H26O2. The SMILES string of the molecule is CC1CC2C3CCC(O)C3(C)CC[C@@H]2c2ccc(O)cc21. The van der Waals surface area contributed by atoms with Gasteiger partial charge in [-0.15, -0.1) is 0 Å². The molecule has 0 heterocycles. The molecule has 2 N–H and O–H groups in total. The lowest BCUT2D eigenvalue weighted by molar-refractivity contribution is -0.0245. The number of phenols is 1. The number of aliphatic hydroxyl groups excluding tert-OH is 1. The average molecular weight is 286 g/mol. The highest BCUT2D eigenvalue weighted by molar-refractivity contribution is 5.42. The molecular weight excluding hydrogens is 260 g/mol. The zero-order chi connectivity index (χ0) is 14.8. The first kappa shape index (κ1) is 13.6. The van der Waals surface area contributed by atoms with Crippen LogP contribution in [0.1, 0.15) is 68.9 Å². The van der Waals surface area contributed by atoms with Gasteiger partial charge in [-0.3, -0.25) is 0 Å². The summed E-state index contributed by atoms with van der Waals surface area (Å²) in [4.78, 5) is 0. The smallest absolute Gasteiger partial charge is 0.115 e. The van der Waals surface area contributed by atoms with E-state index in [4.69, 9.17) is 0 Å². The third-order valence-electron chi connectivity index (χ3n) is 7.01. The summed E-state index contributed by atoms with van der Waals surface area (Å²) in [6.07, 6.45) is 5.64. The fraction of sp³-hybridized carbons (Fsp3) is 0.684. The predicted octanol–water partition coefficient (Wildman–Crippen LogP) is 4.17. The Bertz CT molecular complexity index is 567.